The average Bonchev–Trinajstić information content (AvgIpc) is 2.69. The summed E-state index contributed by atoms with van der Waals surface area (Å²) >= 11 is 5.61. The lowest BCUT2D eigenvalue weighted by molar-refractivity contribution is -0.129. The Balaban J connectivity index is 1.70. The maximum Gasteiger partial charge on any atom is 0.266 e. The Bertz CT molecular complexity index is 812. The molecule has 1 saturated heterocycles. The van der Waals surface area contributed by atoms with E-state index in [1.165, 1.54) is 4.68 Å². The first kappa shape index (κ1) is 18.5. The number of carbonyl (C=O) groups excluding carboxylic acids is 1. The molecule has 0 N–H and O–H groups in total. The van der Waals surface area contributed by atoms with E-state index in [9.17, 15) is 9.59 Å². The first-order chi connectivity index (χ1) is 12.6. The van der Waals surface area contributed by atoms with Crippen molar-refractivity contribution >= 4 is 17.5 Å². The summed E-state index contributed by atoms with van der Waals surface area (Å²) in [5.41, 5.74) is 1.57. The molecule has 0 atom stereocenters. The number of alkyl halides is 1. The zero-order valence-corrected chi connectivity index (χ0v) is 15.5. The van der Waals surface area contributed by atoms with Crippen LogP contribution in [0.3, 0.4) is 0 Å². The smallest absolute Gasteiger partial charge is 0.266 e. The van der Waals surface area contributed by atoms with E-state index in [1.54, 1.807) is 24.1 Å². The minimum atomic E-state index is -0.110. The topological polar surface area (TPSA) is 64.4 Å². The van der Waals surface area contributed by atoms with Crippen molar-refractivity contribution in [1.82, 2.24) is 14.7 Å². The Labute approximate surface area is 157 Å². The lowest BCUT2D eigenvalue weighted by Gasteiger charge is -2.31. The third-order valence-corrected chi connectivity index (χ3v) is 4.99. The first-order valence-corrected chi connectivity index (χ1v) is 9.20. The van der Waals surface area contributed by atoms with Crippen LogP contribution in [0.1, 0.15) is 12.8 Å². The summed E-state index contributed by atoms with van der Waals surface area (Å²) < 4.78 is 6.70. The molecule has 2 aromatic rings. The van der Waals surface area contributed by atoms with Gasteiger partial charge in [-0.3, -0.25) is 9.59 Å². The summed E-state index contributed by atoms with van der Waals surface area (Å²) in [6.07, 6.45) is 1.70. The summed E-state index contributed by atoms with van der Waals surface area (Å²) in [6, 6.07) is 10.9. The van der Waals surface area contributed by atoms with Crippen LogP contribution < -0.4 is 10.3 Å². The Kier molecular flexibility index (Phi) is 5.93. The molecule has 26 heavy (non-hydrogen) atoms. The van der Waals surface area contributed by atoms with Gasteiger partial charge in [-0.25, -0.2) is 4.68 Å². The molecule has 0 unspecified atom stereocenters. The van der Waals surface area contributed by atoms with Crippen LogP contribution in [0, 0.1) is 5.92 Å². The molecule has 6 nitrogen and oxygen atoms in total. The van der Waals surface area contributed by atoms with Gasteiger partial charge in [0, 0.05) is 31.3 Å². The van der Waals surface area contributed by atoms with Crippen molar-refractivity contribution in [3.05, 3.63) is 46.8 Å². The Hall–Kier alpha value is -2.34. The van der Waals surface area contributed by atoms with Crippen molar-refractivity contribution in [2.24, 2.45) is 5.92 Å². The van der Waals surface area contributed by atoms with Crippen molar-refractivity contribution < 1.29 is 9.53 Å². The number of carbonyl (C=O) groups is 1. The molecule has 138 valence electrons. The average molecular weight is 376 g/mol. The predicted octanol–water partition coefficient (Wildman–Crippen LogP) is 2.40. The minimum absolute atomic E-state index is 0.0234. The second kappa shape index (κ2) is 8.36. The zero-order valence-electron chi connectivity index (χ0n) is 14.7. The van der Waals surface area contributed by atoms with Gasteiger partial charge in [-0.2, -0.15) is 5.10 Å². The number of ether oxygens (including phenoxy) is 1. The van der Waals surface area contributed by atoms with E-state index >= 15 is 0 Å². The number of piperidine rings is 1. The van der Waals surface area contributed by atoms with E-state index in [0.717, 1.165) is 29.8 Å². The monoisotopic (exact) mass is 375 g/mol. The van der Waals surface area contributed by atoms with E-state index in [2.05, 4.69) is 5.10 Å². The first-order valence-electron chi connectivity index (χ1n) is 8.67. The highest BCUT2D eigenvalue weighted by Gasteiger charge is 2.23. The second-order valence-corrected chi connectivity index (χ2v) is 6.69. The van der Waals surface area contributed by atoms with Gasteiger partial charge in [-0.05, 0) is 49.1 Å². The van der Waals surface area contributed by atoms with Crippen molar-refractivity contribution in [3.63, 3.8) is 0 Å². The Morgan fingerprint density at radius 3 is 2.50 bits per heavy atom. The molecule has 0 spiro atoms. The SMILES string of the molecule is COc1ccc(-c2ccc(=O)n(CC3CCN(C(=O)CCl)CC3)n2)cc1. The van der Waals surface area contributed by atoms with Crippen LogP contribution in [-0.4, -0.2) is 46.7 Å². The summed E-state index contributed by atoms with van der Waals surface area (Å²) in [4.78, 5) is 25.6. The molecule has 7 heteroatoms. The van der Waals surface area contributed by atoms with Crippen LogP contribution >= 0.6 is 11.6 Å². The highest BCUT2D eigenvalue weighted by molar-refractivity contribution is 6.27. The predicted molar refractivity (Wildman–Crippen MR) is 101 cm³/mol. The molecule has 1 aromatic heterocycles. The van der Waals surface area contributed by atoms with Crippen molar-refractivity contribution in [3.8, 4) is 17.0 Å². The summed E-state index contributed by atoms with van der Waals surface area (Å²) in [7, 11) is 1.62. The third kappa shape index (κ3) is 4.25. The molecule has 0 saturated carbocycles. The molecular weight excluding hydrogens is 354 g/mol. The van der Waals surface area contributed by atoms with Gasteiger partial charge in [0.25, 0.3) is 5.56 Å². The molecule has 1 amide bonds. The summed E-state index contributed by atoms with van der Waals surface area (Å²) in [5.74, 6) is 1.10. The van der Waals surface area contributed by atoms with E-state index in [-0.39, 0.29) is 17.3 Å². The summed E-state index contributed by atoms with van der Waals surface area (Å²) in [6.45, 7) is 1.93. The number of aromatic nitrogens is 2. The Morgan fingerprint density at radius 1 is 1.19 bits per heavy atom. The van der Waals surface area contributed by atoms with Crippen LogP contribution in [0.15, 0.2) is 41.2 Å². The van der Waals surface area contributed by atoms with Gasteiger partial charge in [-0.1, -0.05) is 0 Å². The number of hydrogen-bond donors (Lipinski definition) is 0. The van der Waals surface area contributed by atoms with Gasteiger partial charge in [0.15, 0.2) is 0 Å². The maximum atomic E-state index is 12.2. The third-order valence-electron chi connectivity index (χ3n) is 4.77. The fourth-order valence-corrected chi connectivity index (χ4v) is 3.36. The number of methoxy groups -OCH3 is 1. The van der Waals surface area contributed by atoms with Crippen LogP contribution in [-0.2, 0) is 11.3 Å². The standard InChI is InChI=1S/C19H22ClN3O3/c1-26-16-4-2-15(3-5-16)17-6-7-18(24)23(21-17)13-14-8-10-22(11-9-14)19(25)12-20/h2-7,14H,8-13H2,1H3. The largest absolute Gasteiger partial charge is 0.497 e. The van der Waals surface area contributed by atoms with Crippen LogP contribution in [0.5, 0.6) is 5.75 Å². The van der Waals surface area contributed by atoms with Crippen LogP contribution in [0.4, 0.5) is 0 Å². The van der Waals surface area contributed by atoms with Gasteiger partial charge in [-0.15, -0.1) is 11.6 Å². The normalized spacial score (nSPS) is 15.1. The van der Waals surface area contributed by atoms with Crippen LogP contribution in [0.25, 0.3) is 11.3 Å². The molecule has 3 rings (SSSR count). The van der Waals surface area contributed by atoms with Gasteiger partial charge < -0.3 is 9.64 Å². The fraction of sp³-hybridized carbons (Fsp3) is 0.421. The molecule has 2 heterocycles. The lowest BCUT2D eigenvalue weighted by atomic mass is 9.97. The maximum absolute atomic E-state index is 12.2. The van der Waals surface area contributed by atoms with E-state index in [4.69, 9.17) is 16.3 Å². The molecule has 1 aliphatic rings. The van der Waals surface area contributed by atoms with E-state index in [0.29, 0.717) is 25.6 Å². The van der Waals surface area contributed by atoms with Gasteiger partial charge in [0.05, 0.1) is 12.8 Å². The van der Waals surface area contributed by atoms with Gasteiger partial charge in [0.2, 0.25) is 5.91 Å². The molecule has 0 aliphatic carbocycles. The number of benzene rings is 1. The molecule has 1 aromatic carbocycles. The van der Waals surface area contributed by atoms with Crippen molar-refractivity contribution in [1.29, 1.82) is 0 Å². The highest BCUT2D eigenvalue weighted by atomic mass is 35.5. The Morgan fingerprint density at radius 2 is 1.88 bits per heavy atom. The van der Waals surface area contributed by atoms with Crippen LogP contribution in [0.2, 0.25) is 0 Å². The fourth-order valence-electron chi connectivity index (χ4n) is 3.19. The van der Waals surface area contributed by atoms with E-state index in [1.807, 2.05) is 24.3 Å². The summed E-state index contributed by atoms with van der Waals surface area (Å²) in [5, 5.41) is 4.52. The number of amides is 1. The minimum Gasteiger partial charge on any atom is -0.497 e. The molecular formula is C19H22ClN3O3. The van der Waals surface area contributed by atoms with Gasteiger partial charge in [0.1, 0.15) is 11.6 Å². The number of hydrogen-bond acceptors (Lipinski definition) is 4. The molecule has 0 bridgehead atoms. The van der Waals surface area contributed by atoms with E-state index < -0.39 is 0 Å². The lowest BCUT2D eigenvalue weighted by Crippen LogP contribution is -2.40. The number of likely N-dealkylation sites (tertiary alicyclic amines) is 1. The number of halogens is 1. The second-order valence-electron chi connectivity index (χ2n) is 6.43. The highest BCUT2D eigenvalue weighted by Crippen LogP contribution is 2.21. The van der Waals surface area contributed by atoms with Crippen molar-refractivity contribution in [2.75, 3.05) is 26.1 Å². The number of rotatable bonds is 5. The molecule has 0 radical (unpaired) electrons. The number of nitrogens with zero attached hydrogens (tertiary/aromatic N) is 3. The zero-order chi connectivity index (χ0) is 18.5. The van der Waals surface area contributed by atoms with Crippen molar-refractivity contribution in [2.45, 2.75) is 19.4 Å². The quantitative estimate of drug-likeness (QED) is 0.753. The van der Waals surface area contributed by atoms with Gasteiger partial charge >= 0.3 is 0 Å². The molecule has 1 aliphatic heterocycles. The molecule has 1 fully saturated rings.